The van der Waals surface area contributed by atoms with Crippen LogP contribution in [-0.2, 0) is 6.42 Å². The third-order valence-electron chi connectivity index (χ3n) is 4.08. The minimum Gasteiger partial charge on any atom is -0.389 e. The number of nitrogens with zero attached hydrogens (tertiary/aromatic N) is 1. The summed E-state index contributed by atoms with van der Waals surface area (Å²) in [5, 5.41) is 9.96. The van der Waals surface area contributed by atoms with Crippen LogP contribution in [-0.4, -0.2) is 11.7 Å². The summed E-state index contributed by atoms with van der Waals surface area (Å²) in [7, 11) is 0. The lowest BCUT2D eigenvalue weighted by molar-refractivity contribution is 0.199. The van der Waals surface area contributed by atoms with Crippen molar-refractivity contribution in [2.45, 2.75) is 32.8 Å². The van der Waals surface area contributed by atoms with Crippen molar-refractivity contribution in [1.29, 1.82) is 0 Å². The molecule has 0 radical (unpaired) electrons. The Morgan fingerprint density at radius 1 is 1.14 bits per heavy atom. The molecule has 0 unspecified atom stereocenters. The molecule has 0 spiro atoms. The van der Waals surface area contributed by atoms with Crippen molar-refractivity contribution in [3.63, 3.8) is 0 Å². The Hall–Kier alpha value is -1.87. The lowest BCUT2D eigenvalue weighted by Gasteiger charge is -2.33. The Bertz CT molecular complexity index is 666. The maximum Gasteiger partial charge on any atom is 0.123 e. The van der Waals surface area contributed by atoms with Crippen molar-refractivity contribution in [2.24, 2.45) is 0 Å². The fourth-order valence-electron chi connectivity index (χ4n) is 3.08. The van der Waals surface area contributed by atoms with Crippen molar-refractivity contribution in [2.75, 3.05) is 11.4 Å². The van der Waals surface area contributed by atoms with Crippen LogP contribution >= 0.6 is 0 Å². The molecule has 0 saturated carbocycles. The summed E-state index contributed by atoms with van der Waals surface area (Å²) in [4.78, 5) is 2.19. The molecule has 2 aromatic rings. The number of hydrogen-bond donors (Lipinski definition) is 1. The number of halogens is 1. The van der Waals surface area contributed by atoms with Gasteiger partial charge in [-0.3, -0.25) is 0 Å². The molecule has 0 fully saturated rings. The van der Waals surface area contributed by atoms with Gasteiger partial charge in [-0.2, -0.15) is 0 Å². The van der Waals surface area contributed by atoms with Crippen molar-refractivity contribution in [1.82, 2.24) is 0 Å². The molecule has 1 aliphatic heterocycles. The first-order valence-corrected chi connectivity index (χ1v) is 7.41. The molecular formula is C18H20FNO. The van der Waals surface area contributed by atoms with E-state index in [9.17, 15) is 9.50 Å². The molecule has 21 heavy (non-hydrogen) atoms. The standard InChI is InChI=1S/C18H20FNO/c1-12-5-7-17-14(10-12)4-3-9-20(17)18-8-6-15(19)11-16(18)13(2)21/h5-8,10-11,13,21H,3-4,9H2,1-2H3/t13-/m0/s1. The molecule has 3 rings (SSSR count). The number of fused-ring (bicyclic) bond motifs is 1. The molecule has 2 nitrogen and oxygen atoms in total. The molecule has 1 N–H and O–H groups in total. The second-order valence-corrected chi connectivity index (χ2v) is 5.77. The highest BCUT2D eigenvalue weighted by Crippen LogP contribution is 2.37. The van der Waals surface area contributed by atoms with Crippen LogP contribution in [0, 0.1) is 12.7 Å². The lowest BCUT2D eigenvalue weighted by atomic mass is 9.97. The highest BCUT2D eigenvalue weighted by atomic mass is 19.1. The first-order chi connectivity index (χ1) is 10.1. The van der Waals surface area contributed by atoms with Gasteiger partial charge in [-0.25, -0.2) is 4.39 Å². The number of aryl methyl sites for hydroxylation is 2. The van der Waals surface area contributed by atoms with Crippen LogP contribution in [0.5, 0.6) is 0 Å². The van der Waals surface area contributed by atoms with Gasteiger partial charge in [-0.1, -0.05) is 17.7 Å². The normalized spacial score (nSPS) is 15.7. The number of hydrogen-bond acceptors (Lipinski definition) is 2. The topological polar surface area (TPSA) is 23.5 Å². The summed E-state index contributed by atoms with van der Waals surface area (Å²) in [6.07, 6.45) is 1.44. The molecule has 0 aromatic heterocycles. The zero-order chi connectivity index (χ0) is 15.0. The van der Waals surface area contributed by atoms with Gasteiger partial charge in [0.05, 0.1) is 6.10 Å². The molecule has 0 bridgehead atoms. The van der Waals surface area contributed by atoms with E-state index in [-0.39, 0.29) is 5.82 Å². The van der Waals surface area contributed by atoms with E-state index < -0.39 is 6.10 Å². The monoisotopic (exact) mass is 285 g/mol. The number of rotatable bonds is 2. The Morgan fingerprint density at radius 3 is 2.67 bits per heavy atom. The van der Waals surface area contributed by atoms with Crippen LogP contribution < -0.4 is 4.90 Å². The highest BCUT2D eigenvalue weighted by molar-refractivity contribution is 5.71. The number of benzene rings is 2. The summed E-state index contributed by atoms with van der Waals surface area (Å²) in [5.74, 6) is -0.309. The van der Waals surface area contributed by atoms with Crippen LogP contribution in [0.3, 0.4) is 0 Å². The first kappa shape index (κ1) is 14.1. The molecule has 3 heteroatoms. The first-order valence-electron chi connectivity index (χ1n) is 7.41. The molecule has 0 aliphatic carbocycles. The molecule has 110 valence electrons. The zero-order valence-electron chi connectivity index (χ0n) is 12.4. The summed E-state index contributed by atoms with van der Waals surface area (Å²) >= 11 is 0. The fourth-order valence-corrected chi connectivity index (χ4v) is 3.08. The van der Waals surface area contributed by atoms with Crippen LogP contribution in [0.4, 0.5) is 15.8 Å². The van der Waals surface area contributed by atoms with Crippen LogP contribution in [0.1, 0.15) is 36.1 Å². The van der Waals surface area contributed by atoms with Gasteiger partial charge in [0.15, 0.2) is 0 Å². The van der Waals surface area contributed by atoms with Gasteiger partial charge < -0.3 is 10.0 Å². The summed E-state index contributed by atoms with van der Waals surface area (Å²) < 4.78 is 13.5. The molecule has 1 aliphatic rings. The lowest BCUT2D eigenvalue weighted by Crippen LogP contribution is -2.26. The Kier molecular flexibility index (Phi) is 3.68. The van der Waals surface area contributed by atoms with E-state index in [1.807, 2.05) is 0 Å². The fraction of sp³-hybridized carbons (Fsp3) is 0.333. The summed E-state index contributed by atoms with van der Waals surface area (Å²) in [6.45, 7) is 4.66. The number of anilines is 2. The Balaban J connectivity index is 2.11. The van der Waals surface area contributed by atoms with Crippen molar-refractivity contribution in [3.8, 4) is 0 Å². The second-order valence-electron chi connectivity index (χ2n) is 5.77. The Morgan fingerprint density at radius 2 is 1.90 bits per heavy atom. The Labute approximate surface area is 124 Å². The van der Waals surface area contributed by atoms with Crippen molar-refractivity contribution < 1.29 is 9.50 Å². The van der Waals surface area contributed by atoms with Gasteiger partial charge in [-0.05, 0) is 56.5 Å². The average Bonchev–Trinajstić information content (AvgIpc) is 2.46. The minimum atomic E-state index is -0.688. The SMILES string of the molecule is Cc1ccc2c(c1)CCCN2c1ccc(F)cc1[C@H](C)O. The molecule has 0 saturated heterocycles. The van der Waals surface area contributed by atoms with E-state index >= 15 is 0 Å². The highest BCUT2D eigenvalue weighted by Gasteiger charge is 2.22. The predicted octanol–water partition coefficient (Wildman–Crippen LogP) is 4.27. The van der Waals surface area contributed by atoms with Crippen molar-refractivity contribution >= 4 is 11.4 Å². The smallest absolute Gasteiger partial charge is 0.123 e. The van der Waals surface area contributed by atoms with Gasteiger partial charge in [0.2, 0.25) is 0 Å². The van der Waals surface area contributed by atoms with Gasteiger partial charge in [-0.15, -0.1) is 0 Å². The van der Waals surface area contributed by atoms with Crippen LogP contribution in [0.25, 0.3) is 0 Å². The van der Waals surface area contributed by atoms with E-state index in [0.717, 1.165) is 25.1 Å². The molecule has 2 aromatic carbocycles. The third-order valence-corrected chi connectivity index (χ3v) is 4.08. The quantitative estimate of drug-likeness (QED) is 0.890. The number of aliphatic hydroxyl groups excluding tert-OH is 1. The molecule has 1 heterocycles. The largest absolute Gasteiger partial charge is 0.389 e. The van der Waals surface area contributed by atoms with E-state index in [4.69, 9.17) is 0 Å². The maximum atomic E-state index is 13.5. The van der Waals surface area contributed by atoms with E-state index in [2.05, 4.69) is 30.0 Å². The van der Waals surface area contributed by atoms with Crippen LogP contribution in [0.2, 0.25) is 0 Å². The van der Waals surface area contributed by atoms with Gasteiger partial charge in [0.25, 0.3) is 0 Å². The van der Waals surface area contributed by atoms with Gasteiger partial charge in [0.1, 0.15) is 5.82 Å². The minimum absolute atomic E-state index is 0.309. The van der Waals surface area contributed by atoms with E-state index in [0.29, 0.717) is 5.56 Å². The zero-order valence-corrected chi connectivity index (χ0v) is 12.4. The summed E-state index contributed by atoms with van der Waals surface area (Å²) in [6, 6.07) is 11.1. The summed E-state index contributed by atoms with van der Waals surface area (Å²) in [5.41, 5.74) is 5.28. The average molecular weight is 285 g/mol. The molecule has 1 atom stereocenters. The maximum absolute atomic E-state index is 13.5. The second kappa shape index (κ2) is 5.49. The van der Waals surface area contributed by atoms with Crippen molar-refractivity contribution in [3.05, 3.63) is 58.9 Å². The number of aliphatic hydroxyl groups is 1. The van der Waals surface area contributed by atoms with E-state index in [1.165, 1.54) is 28.9 Å². The van der Waals surface area contributed by atoms with E-state index in [1.54, 1.807) is 13.0 Å². The predicted molar refractivity (Wildman–Crippen MR) is 83.5 cm³/mol. The third kappa shape index (κ3) is 2.66. The van der Waals surface area contributed by atoms with Crippen LogP contribution in [0.15, 0.2) is 36.4 Å². The van der Waals surface area contributed by atoms with Gasteiger partial charge >= 0.3 is 0 Å². The van der Waals surface area contributed by atoms with Gasteiger partial charge in [0, 0.05) is 23.5 Å². The molecular weight excluding hydrogens is 265 g/mol. The molecule has 0 amide bonds.